The molecule has 0 fully saturated rings. The second kappa shape index (κ2) is 17.6. The van der Waals surface area contributed by atoms with E-state index in [1.807, 2.05) is 49.1 Å². The van der Waals surface area contributed by atoms with E-state index in [2.05, 4.69) is 49.5 Å². The fourth-order valence-electron chi connectivity index (χ4n) is 8.79. The Balaban J connectivity index is 1.46. The molecule has 58 heavy (non-hydrogen) atoms. The molecule has 320 valence electrons. The van der Waals surface area contributed by atoms with Gasteiger partial charge in [0, 0.05) is 52.7 Å². The summed E-state index contributed by atoms with van der Waals surface area (Å²) < 4.78 is 105. The quantitative estimate of drug-likeness (QED) is 0.0279. The molecular weight excluding hydrogens is 829 g/mol. The summed E-state index contributed by atoms with van der Waals surface area (Å²) in [5.74, 6) is -0.524. The van der Waals surface area contributed by atoms with Gasteiger partial charge >= 0.3 is 0 Å². The SMILES string of the molecule is CC1(C)CC(C=C/C=C2/N(CCCCS(=O)(=O)O)c3ccc(S(=O)(=O)O)cc3C2(C)C)=CC(CC2=[N+](CCCCS(=O)(=O)O)c3ccc(SOOO)cc3C2(C)C)C1. The van der Waals surface area contributed by atoms with Crippen molar-refractivity contribution in [3.8, 4) is 0 Å². The van der Waals surface area contributed by atoms with E-state index in [0.717, 1.165) is 64.4 Å². The molecule has 0 bridgehead atoms. The number of allylic oxidation sites excluding steroid dienone is 6. The van der Waals surface area contributed by atoms with Gasteiger partial charge in [-0.1, -0.05) is 56.5 Å². The van der Waals surface area contributed by atoms with Gasteiger partial charge in [-0.05, 0) is 99.3 Å². The molecule has 3 aliphatic rings. The molecular formula is C40H55N2O12S4+. The minimum absolute atomic E-state index is 0.0394. The average molecular weight is 884 g/mol. The van der Waals surface area contributed by atoms with Crippen molar-refractivity contribution < 1.29 is 58.1 Å². The molecule has 0 amide bonds. The molecule has 2 aliphatic heterocycles. The molecule has 4 N–H and O–H groups in total. The van der Waals surface area contributed by atoms with Gasteiger partial charge in [0.05, 0.1) is 33.9 Å². The van der Waals surface area contributed by atoms with Crippen LogP contribution in [0.2, 0.25) is 0 Å². The van der Waals surface area contributed by atoms with E-state index in [1.165, 1.54) is 17.8 Å². The lowest BCUT2D eigenvalue weighted by Crippen LogP contribution is -2.33. The Kier molecular flexibility index (Phi) is 14.0. The van der Waals surface area contributed by atoms with Gasteiger partial charge in [0.2, 0.25) is 5.69 Å². The maximum atomic E-state index is 12.1. The molecule has 18 heteroatoms. The largest absolute Gasteiger partial charge is 0.344 e. The molecule has 1 aliphatic carbocycles. The highest BCUT2D eigenvalue weighted by Gasteiger charge is 2.47. The molecule has 2 heterocycles. The second-order valence-electron chi connectivity index (χ2n) is 17.2. The smallest absolute Gasteiger partial charge is 0.294 e. The molecule has 1 unspecified atom stereocenters. The van der Waals surface area contributed by atoms with E-state index in [-0.39, 0.29) is 34.2 Å². The maximum Gasteiger partial charge on any atom is 0.294 e. The topological polar surface area (TPSA) is 208 Å². The minimum Gasteiger partial charge on any atom is -0.344 e. The van der Waals surface area contributed by atoms with Crippen LogP contribution < -0.4 is 4.90 Å². The van der Waals surface area contributed by atoms with Crippen molar-refractivity contribution in [3.05, 3.63) is 83.1 Å². The van der Waals surface area contributed by atoms with Crippen LogP contribution in [0.3, 0.4) is 0 Å². The summed E-state index contributed by atoms with van der Waals surface area (Å²) >= 11 is 0.885. The number of anilines is 1. The number of nitrogens with zero attached hydrogens (tertiary/aromatic N) is 2. The van der Waals surface area contributed by atoms with Gasteiger partial charge in [-0.3, -0.25) is 13.7 Å². The number of benzene rings is 2. The summed E-state index contributed by atoms with van der Waals surface area (Å²) in [5.41, 5.74) is 5.58. The molecule has 2 aromatic rings. The van der Waals surface area contributed by atoms with Crippen LogP contribution >= 0.6 is 12.0 Å². The molecule has 5 rings (SSSR count). The van der Waals surface area contributed by atoms with Crippen LogP contribution in [0, 0.1) is 11.3 Å². The number of unbranched alkanes of at least 4 members (excludes halogenated alkanes) is 2. The fourth-order valence-corrected chi connectivity index (χ4v) is 10.8. The Morgan fingerprint density at radius 2 is 1.53 bits per heavy atom. The van der Waals surface area contributed by atoms with Crippen LogP contribution in [0.4, 0.5) is 11.4 Å². The predicted octanol–water partition coefficient (Wildman–Crippen LogP) is 8.06. The molecule has 0 spiro atoms. The van der Waals surface area contributed by atoms with Gasteiger partial charge in [-0.2, -0.15) is 29.8 Å². The maximum absolute atomic E-state index is 12.1. The standard InChI is InChI=1S/C40H54N2O12S4/c1-38(2)26-28(12-11-13-36-39(3,4)33-25-31(58(50,51)52)15-17-35(33)41(36)18-7-9-20-56(44,45)46)22-29(27-38)23-37-40(5,6)32-24-30(55-54-53-43)14-16-34(32)42(37)19-8-10-21-57(47,48)49/h11-17,22,24-25,29H,7-10,18-21,23,26-27H2,1-6H3,(H3-,43,44,45,46,47,48,49,50,51,52)/p+1/b12-11?,36-13+. The van der Waals surface area contributed by atoms with Crippen molar-refractivity contribution in [1.29, 1.82) is 0 Å². The van der Waals surface area contributed by atoms with Crippen molar-refractivity contribution in [3.63, 3.8) is 0 Å². The van der Waals surface area contributed by atoms with E-state index in [0.29, 0.717) is 37.9 Å². The number of rotatable bonds is 18. The van der Waals surface area contributed by atoms with Gasteiger partial charge in [0.15, 0.2) is 5.71 Å². The fraction of sp³-hybridized carbons (Fsp3) is 0.525. The third kappa shape index (κ3) is 11.3. The van der Waals surface area contributed by atoms with Gasteiger partial charge in [-0.25, -0.2) is 5.26 Å². The normalized spacial score (nSPS) is 20.9. The first kappa shape index (κ1) is 46.2. The zero-order valence-corrected chi connectivity index (χ0v) is 37.0. The monoisotopic (exact) mass is 883 g/mol. The van der Waals surface area contributed by atoms with Crippen LogP contribution in [-0.4, -0.2) is 79.1 Å². The Bertz CT molecular complexity index is 2350. The van der Waals surface area contributed by atoms with E-state index < -0.39 is 41.2 Å². The van der Waals surface area contributed by atoms with Gasteiger partial charge < -0.3 is 4.90 Å². The Labute approximate surface area is 347 Å². The lowest BCUT2D eigenvalue weighted by molar-refractivity contribution is -0.440. The second-order valence-corrected chi connectivity index (χ2v) is 22.5. The summed E-state index contributed by atoms with van der Waals surface area (Å²) in [5, 5.41) is 12.5. The third-order valence-electron chi connectivity index (χ3n) is 11.3. The van der Waals surface area contributed by atoms with Crippen molar-refractivity contribution in [2.45, 2.75) is 107 Å². The molecule has 0 saturated heterocycles. The van der Waals surface area contributed by atoms with E-state index in [4.69, 9.17) is 9.59 Å². The summed E-state index contributed by atoms with van der Waals surface area (Å²) in [6.07, 6.45) is 12.4. The van der Waals surface area contributed by atoms with Crippen LogP contribution in [-0.2, 0) is 50.6 Å². The van der Waals surface area contributed by atoms with E-state index in [1.54, 1.807) is 6.07 Å². The Hall–Kier alpha value is -2.91. The van der Waals surface area contributed by atoms with Gasteiger partial charge in [0.25, 0.3) is 30.4 Å². The van der Waals surface area contributed by atoms with Crippen molar-refractivity contribution >= 4 is 59.5 Å². The van der Waals surface area contributed by atoms with Crippen LogP contribution in [0.25, 0.3) is 0 Å². The molecule has 2 aromatic carbocycles. The van der Waals surface area contributed by atoms with Crippen LogP contribution in [0.15, 0.2) is 81.8 Å². The first-order valence-corrected chi connectivity index (χ1v) is 24.5. The summed E-state index contributed by atoms with van der Waals surface area (Å²) in [7, 11) is -12.7. The van der Waals surface area contributed by atoms with E-state index >= 15 is 0 Å². The van der Waals surface area contributed by atoms with Gasteiger partial charge in [0.1, 0.15) is 6.54 Å². The van der Waals surface area contributed by atoms with Crippen molar-refractivity contribution in [1.82, 2.24) is 0 Å². The minimum atomic E-state index is -4.46. The average Bonchev–Trinajstić information content (AvgIpc) is 3.43. The molecule has 1 atom stereocenters. The number of fused-ring (bicyclic) bond motifs is 2. The number of hydrogen-bond donors (Lipinski definition) is 4. The van der Waals surface area contributed by atoms with Crippen LogP contribution in [0.5, 0.6) is 0 Å². The highest BCUT2D eigenvalue weighted by Crippen LogP contribution is 2.49. The van der Waals surface area contributed by atoms with Gasteiger partial charge in [-0.15, -0.1) is 4.33 Å². The zero-order chi connectivity index (χ0) is 42.9. The first-order valence-electron chi connectivity index (χ1n) is 19.1. The van der Waals surface area contributed by atoms with E-state index in [9.17, 15) is 38.9 Å². The highest BCUT2D eigenvalue weighted by atomic mass is 32.2. The Morgan fingerprint density at radius 1 is 0.862 bits per heavy atom. The molecule has 0 aromatic heterocycles. The van der Waals surface area contributed by atoms with Crippen molar-refractivity contribution in [2.75, 3.05) is 29.5 Å². The lowest BCUT2D eigenvalue weighted by atomic mass is 9.69. The highest BCUT2D eigenvalue weighted by molar-refractivity contribution is 7.94. The summed E-state index contributed by atoms with van der Waals surface area (Å²) in [6.45, 7) is 13.7. The number of hydrogen-bond acceptors (Lipinski definition) is 11. The van der Waals surface area contributed by atoms with Crippen LogP contribution in [0.1, 0.15) is 97.6 Å². The lowest BCUT2D eigenvalue weighted by Gasteiger charge is -2.34. The summed E-state index contributed by atoms with van der Waals surface area (Å²) in [6, 6.07) is 10.3. The predicted molar refractivity (Wildman–Crippen MR) is 224 cm³/mol. The Morgan fingerprint density at radius 3 is 2.17 bits per heavy atom. The zero-order valence-electron chi connectivity index (χ0n) is 33.7. The molecule has 14 nitrogen and oxygen atoms in total. The first-order chi connectivity index (χ1) is 26.8. The summed E-state index contributed by atoms with van der Waals surface area (Å²) in [4.78, 5) is 2.56. The van der Waals surface area contributed by atoms with Crippen molar-refractivity contribution in [2.24, 2.45) is 11.3 Å². The molecule has 0 radical (unpaired) electrons. The molecule has 0 saturated carbocycles. The third-order valence-corrected chi connectivity index (χ3v) is 14.4.